The van der Waals surface area contributed by atoms with E-state index in [-0.39, 0.29) is 17.9 Å². The predicted octanol–water partition coefficient (Wildman–Crippen LogP) is 2.70. The largest absolute Gasteiger partial charge is 0.350 e. The summed E-state index contributed by atoms with van der Waals surface area (Å²) in [5.41, 5.74) is 1.25. The van der Waals surface area contributed by atoms with Gasteiger partial charge >= 0.3 is 0 Å². The highest BCUT2D eigenvalue weighted by molar-refractivity contribution is 5.97. The molecule has 114 valence electrons. The van der Waals surface area contributed by atoms with E-state index in [1.165, 1.54) is 0 Å². The lowest BCUT2D eigenvalue weighted by Gasteiger charge is -2.30. The number of amides is 2. The molecular weight excluding hydrogens is 264 g/mol. The van der Waals surface area contributed by atoms with E-state index < -0.39 is 0 Å². The molecule has 1 heterocycles. The maximum Gasteiger partial charge on any atom is 0.253 e. The van der Waals surface area contributed by atoms with Gasteiger partial charge in [-0.15, -0.1) is 0 Å². The van der Waals surface area contributed by atoms with Crippen molar-refractivity contribution >= 4 is 11.8 Å². The van der Waals surface area contributed by atoms with Gasteiger partial charge < -0.3 is 10.2 Å². The Morgan fingerprint density at radius 3 is 2.14 bits per heavy atom. The molecule has 1 aliphatic rings. The highest BCUT2D eigenvalue weighted by Gasteiger charge is 2.21. The van der Waals surface area contributed by atoms with Crippen LogP contribution in [0.4, 0.5) is 0 Å². The van der Waals surface area contributed by atoms with Crippen LogP contribution in [0.5, 0.6) is 0 Å². The number of hydrogen-bond donors (Lipinski definition) is 1. The molecule has 0 unspecified atom stereocenters. The third-order valence-corrected chi connectivity index (χ3v) is 3.88. The summed E-state index contributed by atoms with van der Waals surface area (Å²) in [6, 6.07) is 7.04. The molecule has 0 bridgehead atoms. The predicted molar refractivity (Wildman–Crippen MR) is 83.3 cm³/mol. The van der Waals surface area contributed by atoms with Crippen LogP contribution >= 0.6 is 0 Å². The first-order chi connectivity index (χ1) is 9.97. The number of carbonyl (C=O) groups is 2. The smallest absolute Gasteiger partial charge is 0.253 e. The molecule has 2 amide bonds. The Morgan fingerprint density at radius 2 is 1.62 bits per heavy atom. The maximum atomic E-state index is 12.4. The summed E-state index contributed by atoms with van der Waals surface area (Å²) in [4.78, 5) is 26.2. The minimum Gasteiger partial charge on any atom is -0.350 e. The normalized spacial score (nSPS) is 16.1. The van der Waals surface area contributed by atoms with Crippen LogP contribution in [0.3, 0.4) is 0 Å². The number of nitrogens with one attached hydrogen (secondary N) is 1. The number of hydrogen-bond acceptors (Lipinski definition) is 2. The quantitative estimate of drug-likeness (QED) is 0.929. The van der Waals surface area contributed by atoms with Crippen molar-refractivity contribution in [2.75, 3.05) is 13.1 Å². The standard InChI is InChI=1S/C17H24N2O2/c1-12(2)18-16(20)14-4-6-15(7-5-14)17(21)19-10-8-13(3)9-11-19/h4-7,12-13H,8-11H2,1-3H3,(H,18,20). The first kappa shape index (κ1) is 15.5. The van der Waals surface area contributed by atoms with Crippen LogP contribution in [-0.2, 0) is 0 Å². The molecule has 1 aromatic carbocycles. The van der Waals surface area contributed by atoms with Crippen LogP contribution in [0.25, 0.3) is 0 Å². The van der Waals surface area contributed by atoms with Gasteiger partial charge in [-0.05, 0) is 56.9 Å². The molecule has 1 fully saturated rings. The van der Waals surface area contributed by atoms with Crippen LogP contribution in [0.1, 0.15) is 54.3 Å². The Morgan fingerprint density at radius 1 is 1.10 bits per heavy atom. The summed E-state index contributed by atoms with van der Waals surface area (Å²) in [7, 11) is 0. The molecule has 1 N–H and O–H groups in total. The molecule has 0 aromatic heterocycles. The molecule has 1 aromatic rings. The first-order valence-corrected chi connectivity index (χ1v) is 7.67. The van der Waals surface area contributed by atoms with E-state index in [1.807, 2.05) is 18.7 Å². The SMILES string of the molecule is CC1CCN(C(=O)c2ccc(C(=O)NC(C)C)cc2)CC1. The first-order valence-electron chi connectivity index (χ1n) is 7.67. The number of carbonyl (C=O) groups excluding carboxylic acids is 2. The van der Waals surface area contributed by atoms with E-state index in [0.717, 1.165) is 25.9 Å². The molecule has 4 nitrogen and oxygen atoms in total. The lowest BCUT2D eigenvalue weighted by Crippen LogP contribution is -2.37. The molecule has 0 saturated carbocycles. The van der Waals surface area contributed by atoms with Gasteiger partial charge in [-0.2, -0.15) is 0 Å². The van der Waals surface area contributed by atoms with Gasteiger partial charge in [0.2, 0.25) is 0 Å². The number of benzene rings is 1. The molecule has 1 aliphatic heterocycles. The van der Waals surface area contributed by atoms with Gasteiger partial charge in [0, 0.05) is 30.3 Å². The van der Waals surface area contributed by atoms with Crippen molar-refractivity contribution in [3.8, 4) is 0 Å². The fourth-order valence-corrected chi connectivity index (χ4v) is 2.50. The number of piperidine rings is 1. The molecule has 2 rings (SSSR count). The average Bonchev–Trinajstić information content (AvgIpc) is 2.47. The van der Waals surface area contributed by atoms with E-state index in [2.05, 4.69) is 12.2 Å². The van der Waals surface area contributed by atoms with Crippen LogP contribution in [0.2, 0.25) is 0 Å². The highest BCUT2D eigenvalue weighted by Crippen LogP contribution is 2.18. The Balaban J connectivity index is 2.01. The Hall–Kier alpha value is -1.84. The van der Waals surface area contributed by atoms with E-state index in [9.17, 15) is 9.59 Å². The van der Waals surface area contributed by atoms with Crippen molar-refractivity contribution in [3.63, 3.8) is 0 Å². The summed E-state index contributed by atoms with van der Waals surface area (Å²) in [6.07, 6.45) is 2.14. The topological polar surface area (TPSA) is 49.4 Å². The second-order valence-electron chi connectivity index (χ2n) is 6.18. The summed E-state index contributed by atoms with van der Waals surface area (Å²) in [6.45, 7) is 7.73. The third kappa shape index (κ3) is 4.06. The average molecular weight is 288 g/mol. The molecule has 0 atom stereocenters. The zero-order chi connectivity index (χ0) is 15.4. The highest BCUT2D eigenvalue weighted by atomic mass is 16.2. The van der Waals surface area contributed by atoms with E-state index in [4.69, 9.17) is 0 Å². The zero-order valence-electron chi connectivity index (χ0n) is 13.1. The number of nitrogens with zero attached hydrogens (tertiary/aromatic N) is 1. The van der Waals surface area contributed by atoms with Gasteiger partial charge in [-0.25, -0.2) is 0 Å². The summed E-state index contributed by atoms with van der Waals surface area (Å²) in [5.74, 6) is 0.671. The molecule has 21 heavy (non-hydrogen) atoms. The lowest BCUT2D eigenvalue weighted by molar-refractivity contribution is 0.0696. The molecule has 0 radical (unpaired) electrons. The van der Waals surface area contributed by atoms with Gasteiger partial charge in [-0.1, -0.05) is 6.92 Å². The van der Waals surface area contributed by atoms with E-state index >= 15 is 0 Å². The molecule has 4 heteroatoms. The Bertz CT molecular complexity index is 500. The fourth-order valence-electron chi connectivity index (χ4n) is 2.50. The van der Waals surface area contributed by atoms with Crippen LogP contribution in [0.15, 0.2) is 24.3 Å². The second-order valence-corrected chi connectivity index (χ2v) is 6.18. The van der Waals surface area contributed by atoms with Crippen LogP contribution in [-0.4, -0.2) is 35.8 Å². The van der Waals surface area contributed by atoms with E-state index in [1.54, 1.807) is 24.3 Å². The second kappa shape index (κ2) is 6.74. The summed E-state index contributed by atoms with van der Waals surface area (Å²) >= 11 is 0. The van der Waals surface area contributed by atoms with Gasteiger partial charge in [0.1, 0.15) is 0 Å². The fraction of sp³-hybridized carbons (Fsp3) is 0.529. The van der Waals surface area contributed by atoms with Crippen molar-refractivity contribution in [2.45, 2.75) is 39.7 Å². The van der Waals surface area contributed by atoms with Crippen molar-refractivity contribution < 1.29 is 9.59 Å². The lowest BCUT2D eigenvalue weighted by atomic mass is 9.98. The summed E-state index contributed by atoms with van der Waals surface area (Å²) in [5, 5.41) is 2.84. The van der Waals surface area contributed by atoms with E-state index in [0.29, 0.717) is 17.0 Å². The Kier molecular flexibility index (Phi) is 4.99. The molecule has 0 aliphatic carbocycles. The number of rotatable bonds is 3. The molecule has 1 saturated heterocycles. The van der Waals surface area contributed by atoms with Crippen molar-refractivity contribution in [2.24, 2.45) is 5.92 Å². The minimum absolute atomic E-state index is 0.0673. The van der Waals surface area contributed by atoms with Crippen molar-refractivity contribution in [1.82, 2.24) is 10.2 Å². The van der Waals surface area contributed by atoms with Crippen molar-refractivity contribution in [3.05, 3.63) is 35.4 Å². The maximum absolute atomic E-state index is 12.4. The molecule has 0 spiro atoms. The number of likely N-dealkylation sites (tertiary alicyclic amines) is 1. The van der Waals surface area contributed by atoms with Crippen LogP contribution < -0.4 is 5.32 Å². The van der Waals surface area contributed by atoms with Gasteiger partial charge in [0.15, 0.2) is 0 Å². The monoisotopic (exact) mass is 288 g/mol. The summed E-state index contributed by atoms with van der Waals surface area (Å²) < 4.78 is 0. The van der Waals surface area contributed by atoms with Crippen molar-refractivity contribution in [1.29, 1.82) is 0 Å². The van der Waals surface area contributed by atoms with Crippen LogP contribution in [0, 0.1) is 5.92 Å². The third-order valence-electron chi connectivity index (χ3n) is 3.88. The minimum atomic E-state index is -0.101. The van der Waals surface area contributed by atoms with Gasteiger partial charge in [0.25, 0.3) is 11.8 Å². The molecular formula is C17H24N2O2. The van der Waals surface area contributed by atoms with Gasteiger partial charge in [0.05, 0.1) is 0 Å². The Labute approximate surface area is 126 Å². The zero-order valence-corrected chi connectivity index (χ0v) is 13.1. The van der Waals surface area contributed by atoms with Gasteiger partial charge in [-0.3, -0.25) is 9.59 Å².